The lowest BCUT2D eigenvalue weighted by molar-refractivity contribution is -0.126. The van der Waals surface area contributed by atoms with Crippen LogP contribution in [-0.4, -0.2) is 49.7 Å². The van der Waals surface area contributed by atoms with Crippen molar-refractivity contribution in [2.45, 2.75) is 50.1 Å². The number of nitrogens with zero attached hydrogens (tertiary/aromatic N) is 2. The summed E-state index contributed by atoms with van der Waals surface area (Å²) in [5.41, 5.74) is 2.33. The molecule has 2 aliphatic rings. The van der Waals surface area contributed by atoms with Crippen LogP contribution >= 0.6 is 11.6 Å². The number of hydrogen-bond donors (Lipinski definition) is 1. The Morgan fingerprint density at radius 3 is 2.45 bits per heavy atom. The predicted octanol–water partition coefficient (Wildman–Crippen LogP) is 4.04. The van der Waals surface area contributed by atoms with Crippen LogP contribution in [-0.2, 0) is 27.9 Å². The summed E-state index contributed by atoms with van der Waals surface area (Å²) in [6.07, 6.45) is 5.20. The van der Waals surface area contributed by atoms with Crippen molar-refractivity contribution in [1.29, 1.82) is 0 Å². The highest BCUT2D eigenvalue weighted by Gasteiger charge is 2.33. The molecule has 0 saturated carbocycles. The normalized spacial score (nSPS) is 20.5. The Hall–Kier alpha value is -1.93. The summed E-state index contributed by atoms with van der Waals surface area (Å²) in [5.74, 6) is -0.440. The van der Waals surface area contributed by atoms with E-state index in [1.165, 1.54) is 41.3 Å². The molecule has 0 spiro atoms. The molecule has 178 valence electrons. The van der Waals surface area contributed by atoms with Crippen LogP contribution in [0.15, 0.2) is 53.4 Å². The number of hydrogen-bond acceptors (Lipinski definition) is 4. The molecule has 2 aliphatic heterocycles. The van der Waals surface area contributed by atoms with E-state index in [9.17, 15) is 13.2 Å². The van der Waals surface area contributed by atoms with E-state index in [-0.39, 0.29) is 23.3 Å². The van der Waals surface area contributed by atoms with Gasteiger partial charge >= 0.3 is 0 Å². The van der Waals surface area contributed by atoms with E-state index < -0.39 is 10.0 Å². The van der Waals surface area contributed by atoms with Crippen LogP contribution in [0.2, 0.25) is 5.02 Å². The second-order valence-electron chi connectivity index (χ2n) is 9.03. The molecule has 2 aromatic rings. The van der Waals surface area contributed by atoms with E-state index in [2.05, 4.69) is 22.3 Å². The first-order valence-electron chi connectivity index (χ1n) is 11.8. The van der Waals surface area contributed by atoms with Crippen molar-refractivity contribution in [2.24, 2.45) is 5.92 Å². The van der Waals surface area contributed by atoms with Crippen LogP contribution < -0.4 is 5.32 Å². The third kappa shape index (κ3) is 6.35. The molecule has 1 atom stereocenters. The Bertz CT molecular complexity index is 1050. The Labute approximate surface area is 202 Å². The molecule has 2 heterocycles. The predicted molar refractivity (Wildman–Crippen MR) is 130 cm³/mol. The molecule has 0 aromatic heterocycles. The van der Waals surface area contributed by atoms with Crippen LogP contribution in [0.5, 0.6) is 0 Å². The Morgan fingerprint density at radius 2 is 1.70 bits per heavy atom. The SMILES string of the molecule is O=C(NCc1cccc(CN2CCCCC2)c1)[C@H]1CCCN(S(=O)(=O)c2ccc(Cl)cc2)C1. The fourth-order valence-electron chi connectivity index (χ4n) is 4.68. The zero-order chi connectivity index (χ0) is 23.3. The summed E-state index contributed by atoms with van der Waals surface area (Å²) >= 11 is 5.89. The van der Waals surface area contributed by atoms with E-state index in [0.717, 1.165) is 25.2 Å². The van der Waals surface area contributed by atoms with Gasteiger partial charge in [0.2, 0.25) is 15.9 Å². The number of benzene rings is 2. The summed E-state index contributed by atoms with van der Waals surface area (Å²) in [5, 5.41) is 3.52. The second-order valence-corrected chi connectivity index (χ2v) is 11.4. The minimum absolute atomic E-state index is 0.0903. The number of rotatable bonds is 7. The third-order valence-electron chi connectivity index (χ3n) is 6.52. The first kappa shape index (κ1) is 24.2. The van der Waals surface area contributed by atoms with Crippen LogP contribution in [0.1, 0.15) is 43.2 Å². The second kappa shape index (κ2) is 11.0. The topological polar surface area (TPSA) is 69.7 Å². The number of nitrogens with one attached hydrogen (secondary N) is 1. The lowest BCUT2D eigenvalue weighted by Crippen LogP contribution is -2.45. The van der Waals surface area contributed by atoms with Crippen LogP contribution in [0, 0.1) is 5.92 Å². The number of likely N-dealkylation sites (tertiary alicyclic amines) is 1. The molecule has 1 amide bonds. The van der Waals surface area contributed by atoms with E-state index in [1.807, 2.05) is 12.1 Å². The summed E-state index contributed by atoms with van der Waals surface area (Å²) < 4.78 is 27.4. The van der Waals surface area contributed by atoms with Crippen molar-refractivity contribution in [1.82, 2.24) is 14.5 Å². The van der Waals surface area contributed by atoms with Gasteiger partial charge in [-0.3, -0.25) is 9.69 Å². The number of piperidine rings is 2. The Morgan fingerprint density at radius 1 is 0.970 bits per heavy atom. The smallest absolute Gasteiger partial charge is 0.243 e. The Kier molecular flexibility index (Phi) is 8.07. The van der Waals surface area contributed by atoms with Gasteiger partial charge in [0.25, 0.3) is 0 Å². The number of carbonyl (C=O) groups is 1. The van der Waals surface area contributed by atoms with Gasteiger partial charge in [0.15, 0.2) is 0 Å². The highest BCUT2D eigenvalue weighted by atomic mass is 35.5. The van der Waals surface area contributed by atoms with Crippen molar-refractivity contribution in [2.75, 3.05) is 26.2 Å². The summed E-state index contributed by atoms with van der Waals surface area (Å²) in [4.78, 5) is 15.6. The summed E-state index contributed by atoms with van der Waals surface area (Å²) in [6, 6.07) is 14.5. The lowest BCUT2D eigenvalue weighted by atomic mass is 9.98. The maximum Gasteiger partial charge on any atom is 0.243 e. The first-order valence-corrected chi connectivity index (χ1v) is 13.6. The van der Waals surface area contributed by atoms with Gasteiger partial charge in [0, 0.05) is 31.2 Å². The first-order chi connectivity index (χ1) is 15.9. The zero-order valence-electron chi connectivity index (χ0n) is 18.9. The van der Waals surface area contributed by atoms with Crippen molar-refractivity contribution in [3.05, 3.63) is 64.7 Å². The molecule has 33 heavy (non-hydrogen) atoms. The molecule has 0 bridgehead atoms. The fourth-order valence-corrected chi connectivity index (χ4v) is 6.33. The lowest BCUT2D eigenvalue weighted by Gasteiger charge is -2.31. The van der Waals surface area contributed by atoms with Gasteiger partial charge < -0.3 is 5.32 Å². The highest BCUT2D eigenvalue weighted by molar-refractivity contribution is 7.89. The zero-order valence-corrected chi connectivity index (χ0v) is 20.5. The van der Waals surface area contributed by atoms with Crippen LogP contribution in [0.3, 0.4) is 0 Å². The van der Waals surface area contributed by atoms with Crippen LogP contribution in [0.4, 0.5) is 0 Å². The molecule has 2 saturated heterocycles. The molecule has 8 heteroatoms. The average Bonchev–Trinajstić information content (AvgIpc) is 2.84. The summed E-state index contributed by atoms with van der Waals surface area (Å²) in [6.45, 7) is 4.32. The molecule has 0 aliphatic carbocycles. The van der Waals surface area contributed by atoms with Crippen molar-refractivity contribution in [3.63, 3.8) is 0 Å². The van der Waals surface area contributed by atoms with E-state index >= 15 is 0 Å². The number of halogens is 1. The van der Waals surface area contributed by atoms with E-state index in [1.54, 1.807) is 12.1 Å². The van der Waals surface area contributed by atoms with Gasteiger partial charge in [-0.1, -0.05) is 42.3 Å². The van der Waals surface area contributed by atoms with E-state index in [4.69, 9.17) is 11.6 Å². The molecule has 0 radical (unpaired) electrons. The molecule has 2 fully saturated rings. The van der Waals surface area contributed by atoms with Crippen molar-refractivity contribution >= 4 is 27.5 Å². The van der Waals surface area contributed by atoms with Gasteiger partial charge in [0.05, 0.1) is 10.8 Å². The van der Waals surface area contributed by atoms with Gasteiger partial charge in [-0.15, -0.1) is 0 Å². The number of amides is 1. The van der Waals surface area contributed by atoms with Gasteiger partial charge in [-0.25, -0.2) is 8.42 Å². The maximum atomic E-state index is 13.0. The molecule has 4 rings (SSSR count). The third-order valence-corrected chi connectivity index (χ3v) is 8.65. The van der Waals surface area contributed by atoms with Gasteiger partial charge in [-0.05, 0) is 74.2 Å². The Balaban J connectivity index is 1.33. The molecule has 1 N–H and O–H groups in total. The van der Waals surface area contributed by atoms with Crippen LogP contribution in [0.25, 0.3) is 0 Å². The number of sulfonamides is 1. The minimum atomic E-state index is -3.64. The molecular weight excluding hydrogens is 458 g/mol. The van der Waals surface area contributed by atoms with E-state index in [0.29, 0.717) is 31.0 Å². The maximum absolute atomic E-state index is 13.0. The summed E-state index contributed by atoms with van der Waals surface area (Å²) in [7, 11) is -3.64. The quantitative estimate of drug-likeness (QED) is 0.637. The average molecular weight is 490 g/mol. The highest BCUT2D eigenvalue weighted by Crippen LogP contribution is 2.25. The van der Waals surface area contributed by atoms with Crippen molar-refractivity contribution in [3.8, 4) is 0 Å². The largest absolute Gasteiger partial charge is 0.352 e. The number of carbonyl (C=O) groups excluding carboxylic acids is 1. The van der Waals surface area contributed by atoms with Crippen molar-refractivity contribution < 1.29 is 13.2 Å². The fraction of sp³-hybridized carbons (Fsp3) is 0.480. The molecular formula is C25H32ClN3O3S. The molecule has 2 aromatic carbocycles. The van der Waals surface area contributed by atoms with Gasteiger partial charge in [-0.2, -0.15) is 4.31 Å². The monoisotopic (exact) mass is 489 g/mol. The van der Waals surface area contributed by atoms with Gasteiger partial charge in [0.1, 0.15) is 0 Å². The standard InChI is InChI=1S/C25H32ClN3O3S/c26-23-9-11-24(12-10-23)33(31,32)29-15-5-8-22(19-29)25(30)27-17-20-6-4-7-21(16-20)18-28-13-2-1-3-14-28/h4,6-7,9-12,16,22H,1-3,5,8,13-15,17-19H2,(H,27,30)/t22-/m0/s1. The molecule has 0 unspecified atom stereocenters. The minimum Gasteiger partial charge on any atom is -0.352 e. The molecule has 6 nitrogen and oxygen atoms in total.